The molecule has 0 aliphatic carbocycles. The summed E-state index contributed by atoms with van der Waals surface area (Å²) in [5.41, 5.74) is 0. The Kier molecular flexibility index (Phi) is 2.84. The van der Waals surface area contributed by atoms with Crippen LogP contribution in [-0.4, -0.2) is 32.6 Å². The van der Waals surface area contributed by atoms with E-state index in [4.69, 9.17) is 4.74 Å². The fourth-order valence-electron chi connectivity index (χ4n) is 0.781. The molecule has 0 radical (unpaired) electrons. The summed E-state index contributed by atoms with van der Waals surface area (Å²) in [5.74, 6) is 0. The van der Waals surface area contributed by atoms with Gasteiger partial charge in [-0.2, -0.15) is 14.7 Å². The van der Waals surface area contributed by atoms with Gasteiger partial charge in [0.2, 0.25) is 13.1 Å². The van der Waals surface area contributed by atoms with E-state index in [0.29, 0.717) is 13.2 Å². The molecule has 0 N–H and O–H groups in total. The van der Waals surface area contributed by atoms with Crippen molar-refractivity contribution in [3.63, 3.8) is 0 Å². The van der Waals surface area contributed by atoms with E-state index >= 15 is 0 Å². The predicted octanol–water partition coefficient (Wildman–Crippen LogP) is -0.516. The van der Waals surface area contributed by atoms with Gasteiger partial charge in [0.1, 0.15) is 6.61 Å². The molecule has 1 atom stereocenters. The van der Waals surface area contributed by atoms with Crippen molar-refractivity contribution >= 4 is 0 Å². The molecule has 0 aromatic rings. The Morgan fingerprint density at radius 3 is 2.17 bits per heavy atom. The Morgan fingerprint density at radius 2 is 1.50 bits per heavy atom. The van der Waals surface area contributed by atoms with Crippen LogP contribution in [0.5, 0.6) is 0 Å². The molecule has 2 saturated heterocycles. The molecule has 0 aromatic heterocycles. The molecule has 2 rings (SSSR count). The molecule has 12 heavy (non-hydrogen) atoms. The SMILES string of the molecule is C1COC(C2OOCOO2)OO1. The zero-order chi connectivity index (χ0) is 8.23. The van der Waals surface area contributed by atoms with Crippen LogP contribution < -0.4 is 0 Å². The van der Waals surface area contributed by atoms with Crippen LogP contribution in [0.1, 0.15) is 0 Å². The van der Waals surface area contributed by atoms with Crippen LogP contribution in [0.25, 0.3) is 0 Å². The molecule has 1 unspecified atom stereocenters. The Hall–Kier alpha value is -0.280. The highest BCUT2D eigenvalue weighted by Crippen LogP contribution is 2.15. The fraction of sp³-hybridized carbons (Fsp3) is 1.00. The van der Waals surface area contributed by atoms with Crippen molar-refractivity contribution in [3.05, 3.63) is 0 Å². The minimum absolute atomic E-state index is 0.0793. The summed E-state index contributed by atoms with van der Waals surface area (Å²) < 4.78 is 5.06. The van der Waals surface area contributed by atoms with E-state index in [0.717, 1.165) is 0 Å². The van der Waals surface area contributed by atoms with Gasteiger partial charge in [0.05, 0.1) is 6.61 Å². The van der Waals surface area contributed by atoms with Crippen LogP contribution in [0.3, 0.4) is 0 Å². The van der Waals surface area contributed by atoms with Crippen LogP contribution in [0.2, 0.25) is 0 Å². The molecule has 2 heterocycles. The predicted molar refractivity (Wildman–Crippen MR) is 29.8 cm³/mol. The lowest BCUT2D eigenvalue weighted by Crippen LogP contribution is -2.42. The van der Waals surface area contributed by atoms with Crippen LogP contribution in [0, 0.1) is 0 Å². The lowest BCUT2D eigenvalue weighted by molar-refractivity contribution is -0.597. The third-order valence-corrected chi connectivity index (χ3v) is 1.26. The van der Waals surface area contributed by atoms with Crippen molar-refractivity contribution in [3.8, 4) is 0 Å². The van der Waals surface area contributed by atoms with Gasteiger partial charge < -0.3 is 4.74 Å². The lowest BCUT2D eigenvalue weighted by Gasteiger charge is -2.28. The third-order valence-electron chi connectivity index (χ3n) is 1.26. The Balaban J connectivity index is 1.80. The second-order valence-electron chi connectivity index (χ2n) is 2.07. The van der Waals surface area contributed by atoms with Gasteiger partial charge in [-0.3, -0.25) is 0 Å². The van der Waals surface area contributed by atoms with E-state index in [1.807, 2.05) is 0 Å². The summed E-state index contributed by atoms with van der Waals surface area (Å²) in [5, 5.41) is 0. The number of hydrogen-bond acceptors (Lipinski definition) is 7. The van der Waals surface area contributed by atoms with E-state index in [1.165, 1.54) is 0 Å². The molecular weight excluding hydrogens is 172 g/mol. The van der Waals surface area contributed by atoms with E-state index in [1.54, 1.807) is 0 Å². The molecule has 2 aliphatic heterocycles. The van der Waals surface area contributed by atoms with Crippen molar-refractivity contribution in [1.29, 1.82) is 0 Å². The average Bonchev–Trinajstić information content (AvgIpc) is 2.21. The van der Waals surface area contributed by atoms with Gasteiger partial charge in [0.15, 0.2) is 0 Å². The fourth-order valence-corrected chi connectivity index (χ4v) is 0.781. The smallest absolute Gasteiger partial charge is 0.277 e. The molecule has 7 heteroatoms. The van der Waals surface area contributed by atoms with Crippen LogP contribution in [-0.2, 0) is 34.1 Å². The molecule has 0 aromatic carbocycles. The summed E-state index contributed by atoms with van der Waals surface area (Å²) in [6.45, 7) is 0.711. The highest BCUT2D eigenvalue weighted by atomic mass is 17.4. The minimum atomic E-state index is -0.876. The molecule has 2 fully saturated rings. The van der Waals surface area contributed by atoms with Gasteiger partial charge in [-0.05, 0) is 0 Å². The maximum atomic E-state index is 5.06. The number of ether oxygens (including phenoxy) is 1. The van der Waals surface area contributed by atoms with Gasteiger partial charge in [-0.15, -0.1) is 0 Å². The third kappa shape index (κ3) is 1.90. The van der Waals surface area contributed by atoms with Gasteiger partial charge in [-0.25, -0.2) is 14.7 Å². The molecular formula is C5H8O7. The largest absolute Gasteiger partial charge is 0.343 e. The molecule has 0 bridgehead atoms. The first-order valence-electron chi connectivity index (χ1n) is 3.43. The average molecular weight is 180 g/mol. The Morgan fingerprint density at radius 1 is 0.750 bits per heavy atom. The molecule has 0 spiro atoms. The van der Waals surface area contributed by atoms with E-state index < -0.39 is 12.6 Å². The van der Waals surface area contributed by atoms with Gasteiger partial charge in [0, 0.05) is 0 Å². The molecule has 7 nitrogen and oxygen atoms in total. The molecule has 2 aliphatic rings. The monoisotopic (exact) mass is 180 g/mol. The second-order valence-corrected chi connectivity index (χ2v) is 2.07. The van der Waals surface area contributed by atoms with E-state index in [2.05, 4.69) is 29.3 Å². The maximum absolute atomic E-state index is 5.06. The minimum Gasteiger partial charge on any atom is -0.343 e. The molecule has 0 saturated carbocycles. The zero-order valence-corrected chi connectivity index (χ0v) is 6.13. The molecule has 70 valence electrons. The van der Waals surface area contributed by atoms with Gasteiger partial charge in [-0.1, -0.05) is 0 Å². The first-order chi connectivity index (χ1) is 5.97. The van der Waals surface area contributed by atoms with Gasteiger partial charge in [0.25, 0.3) is 6.29 Å². The summed E-state index contributed by atoms with van der Waals surface area (Å²) in [6.07, 6.45) is -1.65. The van der Waals surface area contributed by atoms with Crippen molar-refractivity contribution in [1.82, 2.24) is 0 Å². The van der Waals surface area contributed by atoms with E-state index in [-0.39, 0.29) is 6.79 Å². The van der Waals surface area contributed by atoms with Crippen molar-refractivity contribution in [2.24, 2.45) is 0 Å². The number of hydrogen-bond donors (Lipinski definition) is 0. The summed E-state index contributed by atoms with van der Waals surface area (Å²) in [6, 6.07) is 0. The zero-order valence-electron chi connectivity index (χ0n) is 6.13. The summed E-state index contributed by atoms with van der Waals surface area (Å²) in [7, 11) is 0. The van der Waals surface area contributed by atoms with Gasteiger partial charge >= 0.3 is 0 Å². The van der Waals surface area contributed by atoms with Crippen LogP contribution in [0.4, 0.5) is 0 Å². The quantitative estimate of drug-likeness (QED) is 0.503. The van der Waals surface area contributed by atoms with Crippen molar-refractivity contribution in [2.75, 3.05) is 20.0 Å². The van der Waals surface area contributed by atoms with Crippen molar-refractivity contribution in [2.45, 2.75) is 12.6 Å². The van der Waals surface area contributed by atoms with Crippen LogP contribution >= 0.6 is 0 Å². The summed E-state index contributed by atoms with van der Waals surface area (Å²) in [4.78, 5) is 27.5. The first kappa shape index (κ1) is 8.32. The first-order valence-corrected chi connectivity index (χ1v) is 3.43. The maximum Gasteiger partial charge on any atom is 0.277 e. The topological polar surface area (TPSA) is 64.6 Å². The normalized spacial score (nSPS) is 33.5. The Bertz CT molecular complexity index is 112. The summed E-state index contributed by atoms with van der Waals surface area (Å²) >= 11 is 0. The lowest BCUT2D eigenvalue weighted by atomic mass is 10.6. The highest BCUT2D eigenvalue weighted by molar-refractivity contribution is 4.48. The standard InChI is InChI=1S/C5H8O7/c1-2-7-10-4(6-1)5-11-8-3-9-12-5/h4-5H,1-3H2. The number of rotatable bonds is 1. The van der Waals surface area contributed by atoms with Crippen LogP contribution in [0.15, 0.2) is 0 Å². The molecule has 0 amide bonds. The van der Waals surface area contributed by atoms with Crippen molar-refractivity contribution < 1.29 is 34.1 Å². The second kappa shape index (κ2) is 4.10. The Labute approximate surface area is 67.8 Å². The highest BCUT2D eigenvalue weighted by Gasteiger charge is 2.33. The van der Waals surface area contributed by atoms with E-state index in [9.17, 15) is 0 Å².